The highest BCUT2D eigenvalue weighted by Gasteiger charge is 2.30. The van der Waals surface area contributed by atoms with E-state index in [1.54, 1.807) is 0 Å². The molecular weight excluding hydrogens is 247 g/mol. The van der Waals surface area contributed by atoms with Gasteiger partial charge in [0.15, 0.2) is 0 Å². The van der Waals surface area contributed by atoms with Gasteiger partial charge in [-0.1, -0.05) is 12.1 Å². The minimum Gasteiger partial charge on any atom is -0.321 e. The molecule has 15 heavy (non-hydrogen) atoms. The minimum absolute atomic E-state index is 0.465. The smallest absolute Gasteiger partial charge is 0.280 e. The Bertz CT molecular complexity index is 409. The monoisotopic (exact) mass is 258 g/mol. The van der Waals surface area contributed by atoms with E-state index in [1.807, 2.05) is 41.9 Å². The highest BCUT2D eigenvalue weighted by molar-refractivity contribution is 7.83. The van der Waals surface area contributed by atoms with Crippen LogP contribution in [0, 0.1) is 0 Å². The molecular formula is C10H11O2PS2. The molecule has 0 bridgehead atoms. The zero-order chi connectivity index (χ0) is 10.7. The Balaban J connectivity index is 2.46. The SMILES string of the molecule is CCOP(=O)(c1cccs1)c1cccs1. The maximum atomic E-state index is 12.7. The molecule has 0 saturated carbocycles. The Morgan fingerprint density at radius 3 is 2.07 bits per heavy atom. The standard InChI is InChI=1S/C10H11O2PS2/c1-2-12-13(11,9-5-3-7-14-9)10-6-4-8-15-10/h3-8H,2H2,1H3. The zero-order valence-corrected chi connectivity index (χ0v) is 10.8. The summed E-state index contributed by atoms with van der Waals surface area (Å²) < 4.78 is 19.9. The number of thiophene rings is 2. The molecule has 0 aliphatic carbocycles. The van der Waals surface area contributed by atoms with Crippen LogP contribution in [0.25, 0.3) is 0 Å². The van der Waals surface area contributed by atoms with Gasteiger partial charge in [-0.25, -0.2) is 0 Å². The van der Waals surface area contributed by atoms with Crippen molar-refractivity contribution in [2.24, 2.45) is 0 Å². The second-order valence-corrected chi connectivity index (χ2v) is 7.70. The van der Waals surface area contributed by atoms with Crippen LogP contribution in [0.5, 0.6) is 0 Å². The first-order valence-electron chi connectivity index (χ1n) is 4.60. The van der Waals surface area contributed by atoms with Crippen molar-refractivity contribution >= 4 is 39.3 Å². The van der Waals surface area contributed by atoms with Crippen LogP contribution in [0.4, 0.5) is 0 Å². The molecule has 2 rings (SSSR count). The lowest BCUT2D eigenvalue weighted by Crippen LogP contribution is -2.12. The van der Waals surface area contributed by atoms with E-state index in [4.69, 9.17) is 4.52 Å². The van der Waals surface area contributed by atoms with Crippen molar-refractivity contribution in [1.82, 2.24) is 0 Å². The van der Waals surface area contributed by atoms with Gasteiger partial charge in [0.05, 0.1) is 15.8 Å². The summed E-state index contributed by atoms with van der Waals surface area (Å²) in [5, 5.41) is 3.85. The summed E-state index contributed by atoms with van der Waals surface area (Å²) >= 11 is 2.97. The summed E-state index contributed by atoms with van der Waals surface area (Å²) in [6.07, 6.45) is 0. The molecule has 2 nitrogen and oxygen atoms in total. The van der Waals surface area contributed by atoms with Crippen LogP contribution in [0.15, 0.2) is 35.0 Å². The van der Waals surface area contributed by atoms with Crippen molar-refractivity contribution in [2.45, 2.75) is 6.92 Å². The Morgan fingerprint density at radius 1 is 1.20 bits per heavy atom. The summed E-state index contributed by atoms with van der Waals surface area (Å²) in [6.45, 7) is 2.33. The summed E-state index contributed by atoms with van der Waals surface area (Å²) in [6, 6.07) is 7.56. The van der Waals surface area contributed by atoms with Gasteiger partial charge in [0, 0.05) is 0 Å². The Hall–Kier alpha value is -0.410. The Labute approximate surface area is 97.0 Å². The van der Waals surface area contributed by atoms with Crippen LogP contribution in [0.2, 0.25) is 0 Å². The van der Waals surface area contributed by atoms with Gasteiger partial charge in [0.2, 0.25) is 0 Å². The molecule has 2 aromatic rings. The van der Waals surface area contributed by atoms with E-state index in [0.717, 1.165) is 9.24 Å². The summed E-state index contributed by atoms with van der Waals surface area (Å²) in [5.74, 6) is 0. The van der Waals surface area contributed by atoms with Gasteiger partial charge in [0.1, 0.15) is 0 Å². The molecule has 0 unspecified atom stereocenters. The molecule has 0 amide bonds. The van der Waals surface area contributed by atoms with E-state index < -0.39 is 7.37 Å². The lowest BCUT2D eigenvalue weighted by molar-refractivity contribution is 0.349. The van der Waals surface area contributed by atoms with Gasteiger partial charge < -0.3 is 4.52 Å². The van der Waals surface area contributed by atoms with Gasteiger partial charge in [-0.3, -0.25) is 4.57 Å². The normalized spacial score (nSPS) is 11.8. The van der Waals surface area contributed by atoms with Crippen molar-refractivity contribution in [2.75, 3.05) is 6.61 Å². The third-order valence-corrected chi connectivity index (χ3v) is 7.40. The van der Waals surface area contributed by atoms with Gasteiger partial charge >= 0.3 is 0 Å². The maximum Gasteiger partial charge on any atom is 0.280 e. The van der Waals surface area contributed by atoms with E-state index >= 15 is 0 Å². The summed E-state index contributed by atoms with van der Waals surface area (Å²) in [7, 11) is -2.79. The fourth-order valence-corrected chi connectivity index (χ4v) is 6.15. The van der Waals surface area contributed by atoms with E-state index in [2.05, 4.69) is 0 Å². The molecule has 80 valence electrons. The molecule has 2 heterocycles. The Morgan fingerprint density at radius 2 is 1.73 bits per heavy atom. The predicted octanol–water partition coefficient (Wildman–Crippen LogP) is 3.08. The van der Waals surface area contributed by atoms with E-state index in [9.17, 15) is 4.57 Å². The van der Waals surface area contributed by atoms with Crippen LogP contribution < -0.4 is 9.24 Å². The molecule has 0 atom stereocenters. The summed E-state index contributed by atoms with van der Waals surface area (Å²) in [4.78, 5) is 0. The lowest BCUT2D eigenvalue weighted by atomic mass is 10.7. The molecule has 0 aliphatic rings. The fourth-order valence-electron chi connectivity index (χ4n) is 1.29. The molecule has 5 heteroatoms. The van der Waals surface area contributed by atoms with Crippen molar-refractivity contribution in [3.63, 3.8) is 0 Å². The number of hydrogen-bond donors (Lipinski definition) is 0. The van der Waals surface area contributed by atoms with E-state index in [0.29, 0.717) is 6.61 Å². The molecule has 2 aromatic heterocycles. The molecule has 0 saturated heterocycles. The summed E-state index contributed by atoms with van der Waals surface area (Å²) in [5.41, 5.74) is 0. The van der Waals surface area contributed by atoms with Crippen LogP contribution in [0.3, 0.4) is 0 Å². The highest BCUT2D eigenvalue weighted by Crippen LogP contribution is 2.47. The van der Waals surface area contributed by atoms with Gasteiger partial charge in [-0.15, -0.1) is 22.7 Å². The largest absolute Gasteiger partial charge is 0.321 e. The van der Waals surface area contributed by atoms with Crippen molar-refractivity contribution in [1.29, 1.82) is 0 Å². The first kappa shape index (κ1) is 11.1. The van der Waals surface area contributed by atoms with Crippen LogP contribution in [-0.4, -0.2) is 6.61 Å². The molecule has 0 spiro atoms. The second kappa shape index (κ2) is 4.62. The second-order valence-electron chi connectivity index (χ2n) is 2.87. The highest BCUT2D eigenvalue weighted by atomic mass is 32.1. The predicted molar refractivity (Wildman–Crippen MR) is 67.1 cm³/mol. The van der Waals surface area contributed by atoms with Crippen molar-refractivity contribution in [3.05, 3.63) is 35.0 Å². The minimum atomic E-state index is -2.79. The number of rotatable bonds is 4. The third-order valence-electron chi connectivity index (χ3n) is 1.90. The van der Waals surface area contributed by atoms with Crippen LogP contribution in [-0.2, 0) is 9.09 Å². The molecule has 0 radical (unpaired) electrons. The van der Waals surface area contributed by atoms with E-state index in [-0.39, 0.29) is 0 Å². The maximum absolute atomic E-state index is 12.7. The van der Waals surface area contributed by atoms with Gasteiger partial charge in [0.25, 0.3) is 7.37 Å². The first-order chi connectivity index (χ1) is 7.27. The average molecular weight is 258 g/mol. The third kappa shape index (κ3) is 2.08. The average Bonchev–Trinajstić information content (AvgIpc) is 2.92. The molecule has 0 fully saturated rings. The van der Waals surface area contributed by atoms with Crippen molar-refractivity contribution in [3.8, 4) is 0 Å². The molecule has 0 aromatic carbocycles. The van der Waals surface area contributed by atoms with Crippen LogP contribution in [0.1, 0.15) is 6.92 Å². The fraction of sp³-hybridized carbons (Fsp3) is 0.200. The van der Waals surface area contributed by atoms with Gasteiger partial charge in [-0.05, 0) is 29.8 Å². The van der Waals surface area contributed by atoms with Crippen LogP contribution >= 0.6 is 30.0 Å². The molecule has 0 N–H and O–H groups in total. The first-order valence-corrected chi connectivity index (χ1v) is 7.98. The topological polar surface area (TPSA) is 26.3 Å². The number of hydrogen-bond acceptors (Lipinski definition) is 4. The zero-order valence-electron chi connectivity index (χ0n) is 8.25. The van der Waals surface area contributed by atoms with Gasteiger partial charge in [-0.2, -0.15) is 0 Å². The van der Waals surface area contributed by atoms with Crippen molar-refractivity contribution < 1.29 is 9.09 Å². The lowest BCUT2D eigenvalue weighted by Gasteiger charge is -2.14. The van der Waals surface area contributed by atoms with E-state index in [1.165, 1.54) is 22.7 Å². The Kier molecular flexibility index (Phi) is 3.42. The quantitative estimate of drug-likeness (QED) is 0.788. The molecule has 0 aliphatic heterocycles.